The molecule has 6 heteroatoms. The monoisotopic (exact) mass is 354 g/mol. The molecular formula is C20H18O6. The van der Waals surface area contributed by atoms with Gasteiger partial charge in [0, 0.05) is 6.08 Å². The number of aromatic hydroxyl groups is 1. The van der Waals surface area contributed by atoms with Crippen LogP contribution < -0.4 is 4.74 Å². The van der Waals surface area contributed by atoms with Gasteiger partial charge in [0.1, 0.15) is 11.5 Å². The predicted molar refractivity (Wildman–Crippen MR) is 96.2 cm³/mol. The van der Waals surface area contributed by atoms with Crippen LogP contribution in [0.3, 0.4) is 0 Å². The van der Waals surface area contributed by atoms with Gasteiger partial charge in [-0.1, -0.05) is 24.3 Å². The summed E-state index contributed by atoms with van der Waals surface area (Å²) in [5.41, 5.74) is 1.43. The Balaban J connectivity index is 2.06. The topological polar surface area (TPSA) is 82.1 Å². The zero-order valence-corrected chi connectivity index (χ0v) is 14.3. The van der Waals surface area contributed by atoms with Crippen molar-refractivity contribution in [2.24, 2.45) is 0 Å². The van der Waals surface area contributed by atoms with Crippen LogP contribution in [0.4, 0.5) is 0 Å². The molecular weight excluding hydrogens is 336 g/mol. The third kappa shape index (κ3) is 5.52. The van der Waals surface area contributed by atoms with Gasteiger partial charge in [0.2, 0.25) is 5.76 Å². The second kappa shape index (κ2) is 9.08. The predicted octanol–water partition coefficient (Wildman–Crippen LogP) is 3.17. The molecule has 134 valence electrons. The van der Waals surface area contributed by atoms with E-state index in [1.165, 1.54) is 38.5 Å². The van der Waals surface area contributed by atoms with Gasteiger partial charge in [-0.15, -0.1) is 0 Å². The fraction of sp³-hybridized carbons (Fsp3) is 0.100. The summed E-state index contributed by atoms with van der Waals surface area (Å²) in [7, 11) is 2.67. The van der Waals surface area contributed by atoms with Crippen molar-refractivity contribution in [1.82, 2.24) is 0 Å². The highest BCUT2D eigenvalue weighted by molar-refractivity contribution is 5.93. The number of carbonyl (C=O) groups excluding carboxylic acids is 2. The molecule has 0 aliphatic carbocycles. The molecule has 0 unspecified atom stereocenters. The molecule has 0 atom stereocenters. The van der Waals surface area contributed by atoms with Crippen LogP contribution in [-0.2, 0) is 19.1 Å². The molecule has 0 radical (unpaired) electrons. The number of hydrogen-bond acceptors (Lipinski definition) is 6. The standard InChI is InChI=1S/C20H18O6/c1-24-18(13-15-3-8-16(21)9-4-15)20(23)26-17-10-5-14(6-11-17)7-12-19(22)25-2/h3-13,21H,1-2H3. The maximum absolute atomic E-state index is 12.2. The highest BCUT2D eigenvalue weighted by Crippen LogP contribution is 2.17. The maximum Gasteiger partial charge on any atom is 0.378 e. The lowest BCUT2D eigenvalue weighted by Gasteiger charge is -2.07. The number of benzene rings is 2. The highest BCUT2D eigenvalue weighted by Gasteiger charge is 2.13. The Morgan fingerprint density at radius 3 is 2.08 bits per heavy atom. The fourth-order valence-electron chi connectivity index (χ4n) is 1.96. The van der Waals surface area contributed by atoms with Crippen LogP contribution in [0, 0.1) is 0 Å². The average molecular weight is 354 g/mol. The summed E-state index contributed by atoms with van der Waals surface area (Å²) in [5, 5.41) is 9.28. The molecule has 0 saturated heterocycles. The second-order valence-corrected chi connectivity index (χ2v) is 5.12. The van der Waals surface area contributed by atoms with Gasteiger partial charge in [-0.2, -0.15) is 0 Å². The molecule has 6 nitrogen and oxygen atoms in total. The van der Waals surface area contributed by atoms with Gasteiger partial charge < -0.3 is 19.3 Å². The summed E-state index contributed by atoms with van der Waals surface area (Å²) in [6, 6.07) is 12.9. The van der Waals surface area contributed by atoms with E-state index in [9.17, 15) is 14.7 Å². The van der Waals surface area contributed by atoms with Crippen molar-refractivity contribution in [2.45, 2.75) is 0 Å². The van der Waals surface area contributed by atoms with Crippen molar-refractivity contribution in [1.29, 1.82) is 0 Å². The molecule has 2 rings (SSSR count). The van der Waals surface area contributed by atoms with Crippen LogP contribution in [0.25, 0.3) is 12.2 Å². The molecule has 2 aromatic carbocycles. The molecule has 0 amide bonds. The lowest BCUT2D eigenvalue weighted by Crippen LogP contribution is -2.12. The van der Waals surface area contributed by atoms with E-state index in [0.29, 0.717) is 11.3 Å². The lowest BCUT2D eigenvalue weighted by molar-refractivity contribution is -0.135. The normalized spacial score (nSPS) is 11.2. The first-order valence-electron chi connectivity index (χ1n) is 7.65. The summed E-state index contributed by atoms with van der Waals surface area (Å²) in [6.45, 7) is 0. The Labute approximate surface area is 150 Å². The molecule has 0 aliphatic rings. The van der Waals surface area contributed by atoms with Crippen molar-refractivity contribution in [3.05, 3.63) is 71.5 Å². The molecule has 0 bridgehead atoms. The number of hydrogen-bond donors (Lipinski definition) is 1. The Hall–Kier alpha value is -3.54. The van der Waals surface area contributed by atoms with Gasteiger partial charge in [-0.25, -0.2) is 9.59 Å². The van der Waals surface area contributed by atoms with Crippen LogP contribution in [0.5, 0.6) is 11.5 Å². The zero-order chi connectivity index (χ0) is 18.9. The number of phenolic OH excluding ortho intramolecular Hbond substituents is 1. The minimum absolute atomic E-state index is 0.0188. The zero-order valence-electron chi connectivity index (χ0n) is 14.3. The minimum atomic E-state index is -0.654. The number of rotatable bonds is 6. The van der Waals surface area contributed by atoms with E-state index >= 15 is 0 Å². The molecule has 0 aliphatic heterocycles. The van der Waals surface area contributed by atoms with Crippen LogP contribution in [0.2, 0.25) is 0 Å². The van der Waals surface area contributed by atoms with Gasteiger partial charge >= 0.3 is 11.9 Å². The maximum atomic E-state index is 12.2. The fourth-order valence-corrected chi connectivity index (χ4v) is 1.96. The smallest absolute Gasteiger partial charge is 0.378 e. The van der Waals surface area contributed by atoms with Crippen molar-refractivity contribution in [2.75, 3.05) is 14.2 Å². The molecule has 0 fully saturated rings. The van der Waals surface area contributed by atoms with Gasteiger partial charge in [-0.3, -0.25) is 0 Å². The van der Waals surface area contributed by atoms with Crippen LogP contribution in [-0.4, -0.2) is 31.3 Å². The molecule has 2 aromatic rings. The first-order chi connectivity index (χ1) is 12.5. The molecule has 0 saturated carbocycles. The second-order valence-electron chi connectivity index (χ2n) is 5.12. The van der Waals surface area contributed by atoms with E-state index in [4.69, 9.17) is 9.47 Å². The van der Waals surface area contributed by atoms with Crippen molar-refractivity contribution < 1.29 is 28.9 Å². The Morgan fingerprint density at radius 2 is 1.50 bits per heavy atom. The van der Waals surface area contributed by atoms with Gasteiger partial charge in [-0.05, 0) is 47.5 Å². The first kappa shape index (κ1) is 18.8. The van der Waals surface area contributed by atoms with Crippen molar-refractivity contribution >= 4 is 24.1 Å². The third-order valence-electron chi connectivity index (χ3n) is 3.32. The molecule has 26 heavy (non-hydrogen) atoms. The summed E-state index contributed by atoms with van der Waals surface area (Å²) in [4.78, 5) is 23.3. The summed E-state index contributed by atoms with van der Waals surface area (Å²) in [6.07, 6.45) is 4.39. The van der Waals surface area contributed by atoms with E-state index in [-0.39, 0.29) is 11.5 Å². The van der Waals surface area contributed by atoms with Crippen molar-refractivity contribution in [3.8, 4) is 11.5 Å². The largest absolute Gasteiger partial charge is 0.508 e. The van der Waals surface area contributed by atoms with Crippen LogP contribution >= 0.6 is 0 Å². The number of ether oxygens (including phenoxy) is 3. The van der Waals surface area contributed by atoms with Gasteiger partial charge in [0.15, 0.2) is 0 Å². The Morgan fingerprint density at radius 1 is 0.885 bits per heavy atom. The summed E-state index contributed by atoms with van der Waals surface area (Å²) in [5.74, 6) is -0.628. The SMILES string of the molecule is COC(=O)C=Cc1ccc(OC(=O)C(=Cc2ccc(O)cc2)OC)cc1. The third-order valence-corrected chi connectivity index (χ3v) is 3.32. The number of phenols is 1. The summed E-state index contributed by atoms with van der Waals surface area (Å²) >= 11 is 0. The Bertz CT molecular complexity index is 816. The number of carbonyl (C=O) groups is 2. The average Bonchev–Trinajstić information content (AvgIpc) is 2.66. The number of esters is 2. The summed E-state index contributed by atoms with van der Waals surface area (Å²) < 4.78 is 14.9. The molecule has 0 spiro atoms. The van der Waals surface area contributed by atoms with Crippen LogP contribution in [0.15, 0.2) is 60.4 Å². The Kier molecular flexibility index (Phi) is 6.56. The quantitative estimate of drug-likeness (QED) is 0.371. The van der Waals surface area contributed by atoms with Crippen molar-refractivity contribution in [3.63, 3.8) is 0 Å². The van der Waals surface area contributed by atoms with Crippen LogP contribution in [0.1, 0.15) is 11.1 Å². The molecule has 1 N–H and O–H groups in total. The van der Waals surface area contributed by atoms with E-state index < -0.39 is 11.9 Å². The van der Waals surface area contributed by atoms with E-state index in [2.05, 4.69) is 4.74 Å². The first-order valence-corrected chi connectivity index (χ1v) is 7.65. The lowest BCUT2D eigenvalue weighted by atomic mass is 10.2. The van der Waals surface area contributed by atoms with E-state index in [1.807, 2.05) is 0 Å². The van der Waals surface area contributed by atoms with Gasteiger partial charge in [0.25, 0.3) is 0 Å². The molecule has 0 aromatic heterocycles. The van der Waals surface area contributed by atoms with E-state index in [0.717, 1.165) is 5.56 Å². The highest BCUT2D eigenvalue weighted by atomic mass is 16.6. The molecule has 0 heterocycles. The van der Waals surface area contributed by atoms with Gasteiger partial charge in [0.05, 0.1) is 14.2 Å². The minimum Gasteiger partial charge on any atom is -0.508 e. The van der Waals surface area contributed by atoms with E-state index in [1.54, 1.807) is 42.5 Å². The number of methoxy groups -OCH3 is 2.